The van der Waals surface area contributed by atoms with Crippen molar-refractivity contribution in [2.45, 2.75) is 0 Å². The zero-order valence-electron chi connectivity index (χ0n) is 3.83. The predicted molar refractivity (Wildman–Crippen MR) is 21.4 cm³/mol. The molecule has 1 heterocycles. The van der Waals surface area contributed by atoms with Crippen molar-refractivity contribution in [3.8, 4) is 0 Å². The van der Waals surface area contributed by atoms with E-state index in [1.807, 2.05) is 0 Å². The summed E-state index contributed by atoms with van der Waals surface area (Å²) >= 11 is 0. The van der Waals surface area contributed by atoms with E-state index in [2.05, 4.69) is 21.3 Å². The zero-order valence-corrected chi connectivity index (χ0v) is 3.83. The molecule has 0 N–H and O–H groups in total. The third-order valence-electron chi connectivity index (χ3n) is 0.546. The molecule has 0 aliphatic carbocycles. The Balaban J connectivity index is 2.76. The second kappa shape index (κ2) is 1.59. The second-order valence-corrected chi connectivity index (χ2v) is 0.933. The third-order valence-corrected chi connectivity index (χ3v) is 0.546. The fourth-order valence-corrected chi connectivity index (χ4v) is 0.260. The molecule has 0 amide bonds. The van der Waals surface area contributed by atoms with Gasteiger partial charge in [-0.05, 0) is 5.21 Å². The third kappa shape index (κ3) is 0.677. The predicted octanol–water partition coefficient (Wildman–Crippen LogP) is -0.863. The van der Waals surface area contributed by atoms with E-state index in [9.17, 15) is 0 Å². The van der Waals surface area contributed by atoms with Crippen molar-refractivity contribution in [2.24, 2.45) is 0 Å². The van der Waals surface area contributed by atoms with Crippen LogP contribution in [0, 0.1) is 6.20 Å². The lowest BCUT2D eigenvalue weighted by atomic mass is 11.0. The molecule has 0 unspecified atom stereocenters. The highest BCUT2D eigenvalue weighted by atomic mass is 16.7. The summed E-state index contributed by atoms with van der Waals surface area (Å²) in [6, 6.07) is 0. The molecule has 0 spiro atoms. The van der Waals surface area contributed by atoms with Crippen LogP contribution in [0.5, 0.6) is 0 Å². The van der Waals surface area contributed by atoms with Crippen LogP contribution in [0.25, 0.3) is 0 Å². The molecule has 1 radical (unpaired) electrons. The van der Waals surface area contributed by atoms with E-state index in [1.165, 1.54) is 18.2 Å². The lowest BCUT2D eigenvalue weighted by Crippen LogP contribution is -2.05. The summed E-state index contributed by atoms with van der Waals surface area (Å²) in [5, 5.41) is 6.78. The molecule has 0 aromatic carbocycles. The Morgan fingerprint density at radius 1 is 1.86 bits per heavy atom. The lowest BCUT2D eigenvalue weighted by molar-refractivity contribution is 0.129. The molecule has 0 aliphatic rings. The van der Waals surface area contributed by atoms with E-state index in [0.29, 0.717) is 0 Å². The van der Waals surface area contributed by atoms with Crippen molar-refractivity contribution < 1.29 is 4.84 Å². The Hall–Kier alpha value is -1.06. The highest BCUT2D eigenvalue weighted by Crippen LogP contribution is 1.67. The molecule has 4 heteroatoms. The van der Waals surface area contributed by atoms with E-state index in [1.54, 1.807) is 0 Å². The van der Waals surface area contributed by atoms with Gasteiger partial charge in [-0.2, -0.15) is 0 Å². The van der Waals surface area contributed by atoms with E-state index in [0.717, 1.165) is 0 Å². The summed E-state index contributed by atoms with van der Waals surface area (Å²) in [5.41, 5.74) is 0. The molecular formula is C3H4N3O. The first-order valence-corrected chi connectivity index (χ1v) is 1.76. The van der Waals surface area contributed by atoms with Gasteiger partial charge in [0.15, 0.2) is 0 Å². The van der Waals surface area contributed by atoms with Crippen molar-refractivity contribution in [1.82, 2.24) is 15.2 Å². The van der Waals surface area contributed by atoms with Crippen LogP contribution < -0.4 is 4.84 Å². The Bertz CT molecular complexity index is 125. The Kier molecular flexibility index (Phi) is 0.934. The largest absolute Gasteiger partial charge is 0.399 e. The van der Waals surface area contributed by atoms with Crippen LogP contribution in [0.2, 0.25) is 0 Å². The van der Waals surface area contributed by atoms with Gasteiger partial charge in [-0.15, -0.1) is 5.10 Å². The van der Waals surface area contributed by atoms with Crippen LogP contribution in [0.3, 0.4) is 0 Å². The summed E-state index contributed by atoms with van der Waals surface area (Å²) in [5.74, 6) is 0. The van der Waals surface area contributed by atoms with Crippen LogP contribution >= 0.6 is 0 Å². The molecule has 1 aromatic heterocycles. The van der Waals surface area contributed by atoms with Crippen LogP contribution in [-0.2, 0) is 0 Å². The van der Waals surface area contributed by atoms with Crippen LogP contribution in [0.1, 0.15) is 0 Å². The SMILES string of the molecule is COn1c[c]nn1. The molecule has 7 heavy (non-hydrogen) atoms. The van der Waals surface area contributed by atoms with E-state index < -0.39 is 0 Å². The maximum atomic E-state index is 4.57. The summed E-state index contributed by atoms with van der Waals surface area (Å²) in [7, 11) is 1.50. The number of hydrogen-bond donors (Lipinski definition) is 0. The van der Waals surface area contributed by atoms with E-state index >= 15 is 0 Å². The summed E-state index contributed by atoms with van der Waals surface area (Å²) in [4.78, 5) is 5.77. The quantitative estimate of drug-likeness (QED) is 0.458. The summed E-state index contributed by atoms with van der Waals surface area (Å²) in [6.45, 7) is 0. The highest BCUT2D eigenvalue weighted by molar-refractivity contribution is 4.54. The average Bonchev–Trinajstić information content (AvgIpc) is 2.14. The molecule has 0 aliphatic heterocycles. The molecule has 37 valence electrons. The molecule has 0 bridgehead atoms. The summed E-state index contributed by atoms with van der Waals surface area (Å²) < 4.78 is 0. The lowest BCUT2D eigenvalue weighted by Gasteiger charge is -1.89. The van der Waals surface area contributed by atoms with Crippen molar-refractivity contribution in [2.75, 3.05) is 7.11 Å². The number of rotatable bonds is 1. The van der Waals surface area contributed by atoms with Crippen LogP contribution in [0.15, 0.2) is 6.20 Å². The summed E-state index contributed by atoms with van der Waals surface area (Å²) in [6.07, 6.45) is 3.94. The van der Waals surface area contributed by atoms with Crippen molar-refractivity contribution in [1.29, 1.82) is 0 Å². The number of hydrogen-bond acceptors (Lipinski definition) is 3. The standard InChI is InChI=1S/C3H4N3O/c1-7-6-3-2-4-5-6/h3H,1H3. The first-order valence-electron chi connectivity index (χ1n) is 1.76. The topological polar surface area (TPSA) is 39.9 Å². The smallest absolute Gasteiger partial charge is 0.138 e. The molecule has 0 atom stereocenters. The molecule has 0 fully saturated rings. The molecule has 1 rings (SSSR count). The van der Waals surface area contributed by atoms with Gasteiger partial charge in [0, 0.05) is 0 Å². The molecular weight excluding hydrogens is 94.1 g/mol. The van der Waals surface area contributed by atoms with Gasteiger partial charge < -0.3 is 4.84 Å². The molecule has 4 nitrogen and oxygen atoms in total. The van der Waals surface area contributed by atoms with Gasteiger partial charge in [0.05, 0.1) is 6.20 Å². The maximum Gasteiger partial charge on any atom is 0.138 e. The first-order chi connectivity index (χ1) is 3.43. The highest BCUT2D eigenvalue weighted by Gasteiger charge is 1.80. The fraction of sp³-hybridized carbons (Fsp3) is 0.333. The maximum absolute atomic E-state index is 4.57. The monoisotopic (exact) mass is 98.0 g/mol. The van der Waals surface area contributed by atoms with Gasteiger partial charge in [-0.1, -0.05) is 4.85 Å². The van der Waals surface area contributed by atoms with Gasteiger partial charge in [0.1, 0.15) is 13.3 Å². The number of nitrogens with zero attached hydrogens (tertiary/aromatic N) is 3. The minimum Gasteiger partial charge on any atom is -0.399 e. The van der Waals surface area contributed by atoms with Gasteiger partial charge in [-0.3, -0.25) is 0 Å². The van der Waals surface area contributed by atoms with E-state index in [4.69, 9.17) is 0 Å². The van der Waals surface area contributed by atoms with Crippen molar-refractivity contribution >= 4 is 0 Å². The normalized spacial score (nSPS) is 8.71. The minimum atomic E-state index is 1.21. The first kappa shape index (κ1) is 4.11. The Morgan fingerprint density at radius 2 is 2.71 bits per heavy atom. The van der Waals surface area contributed by atoms with Gasteiger partial charge in [-0.25, -0.2) is 0 Å². The van der Waals surface area contributed by atoms with Gasteiger partial charge >= 0.3 is 0 Å². The van der Waals surface area contributed by atoms with Gasteiger partial charge in [0.25, 0.3) is 0 Å². The van der Waals surface area contributed by atoms with Crippen LogP contribution in [0.4, 0.5) is 0 Å². The van der Waals surface area contributed by atoms with Gasteiger partial charge in [0.2, 0.25) is 0 Å². The average molecular weight is 98.1 g/mol. The zero-order chi connectivity index (χ0) is 5.11. The second-order valence-electron chi connectivity index (χ2n) is 0.933. The number of aromatic nitrogens is 3. The fourth-order valence-electron chi connectivity index (χ4n) is 0.260. The minimum absolute atomic E-state index is 1.21. The molecule has 1 aromatic rings. The molecule has 0 saturated heterocycles. The molecule has 0 saturated carbocycles. The van der Waals surface area contributed by atoms with Crippen LogP contribution in [-0.4, -0.2) is 22.3 Å². The Morgan fingerprint density at radius 3 is 3.00 bits per heavy atom. The van der Waals surface area contributed by atoms with E-state index in [-0.39, 0.29) is 0 Å². The van der Waals surface area contributed by atoms with Crippen molar-refractivity contribution in [3.63, 3.8) is 0 Å². The van der Waals surface area contributed by atoms with Crippen molar-refractivity contribution in [3.05, 3.63) is 12.4 Å². The Labute approximate surface area is 40.7 Å².